The van der Waals surface area contributed by atoms with Crippen molar-refractivity contribution < 1.29 is 4.39 Å². The van der Waals surface area contributed by atoms with Crippen molar-refractivity contribution in [2.45, 2.75) is 31.7 Å². The van der Waals surface area contributed by atoms with E-state index in [4.69, 9.17) is 0 Å². The molecule has 0 aromatic heterocycles. The van der Waals surface area contributed by atoms with Crippen LogP contribution in [0.2, 0.25) is 0 Å². The van der Waals surface area contributed by atoms with E-state index in [2.05, 4.69) is 16.3 Å². The summed E-state index contributed by atoms with van der Waals surface area (Å²) in [6.07, 6.45) is 5.27. The molecule has 1 aliphatic heterocycles. The molecule has 1 saturated carbocycles. The Bertz CT molecular complexity index is 415. The topological polar surface area (TPSA) is 15.3 Å². The summed E-state index contributed by atoms with van der Waals surface area (Å²) in [5.74, 6) is 0.607. The minimum Gasteiger partial charge on any atom is -0.314 e. The number of rotatable bonds is 3. The van der Waals surface area contributed by atoms with Gasteiger partial charge in [-0.2, -0.15) is 0 Å². The van der Waals surface area contributed by atoms with Crippen LogP contribution in [0.3, 0.4) is 0 Å². The van der Waals surface area contributed by atoms with Gasteiger partial charge in [0.05, 0.1) is 0 Å². The van der Waals surface area contributed by atoms with Gasteiger partial charge in [0.25, 0.3) is 0 Å². The van der Waals surface area contributed by atoms with E-state index >= 15 is 0 Å². The second kappa shape index (κ2) is 7.39. The maximum Gasteiger partial charge on any atom is 0.123 e. The van der Waals surface area contributed by atoms with E-state index in [9.17, 15) is 4.39 Å². The van der Waals surface area contributed by atoms with Gasteiger partial charge in [0.1, 0.15) is 5.82 Å². The van der Waals surface area contributed by atoms with E-state index in [-0.39, 0.29) is 18.2 Å². The summed E-state index contributed by atoms with van der Waals surface area (Å²) < 4.78 is 13.6. The highest BCUT2D eigenvalue weighted by atomic mass is 35.5. The lowest BCUT2D eigenvalue weighted by Gasteiger charge is -2.38. The van der Waals surface area contributed by atoms with Crippen LogP contribution in [0.1, 0.15) is 37.3 Å². The van der Waals surface area contributed by atoms with Crippen LogP contribution >= 0.6 is 12.4 Å². The number of hydrogen-bond donors (Lipinski definition) is 1. The Labute approximate surface area is 127 Å². The van der Waals surface area contributed by atoms with Crippen molar-refractivity contribution in [3.05, 3.63) is 35.6 Å². The van der Waals surface area contributed by atoms with Gasteiger partial charge in [-0.1, -0.05) is 25.0 Å². The molecule has 2 aliphatic rings. The summed E-state index contributed by atoms with van der Waals surface area (Å²) in [7, 11) is 0. The van der Waals surface area contributed by atoms with Crippen LogP contribution < -0.4 is 5.32 Å². The van der Waals surface area contributed by atoms with Gasteiger partial charge in [0.15, 0.2) is 0 Å². The highest BCUT2D eigenvalue weighted by Gasteiger charge is 2.31. The zero-order chi connectivity index (χ0) is 13.1. The Kier molecular flexibility index (Phi) is 5.82. The van der Waals surface area contributed by atoms with Crippen LogP contribution in [0.25, 0.3) is 0 Å². The van der Waals surface area contributed by atoms with Crippen LogP contribution in [-0.2, 0) is 0 Å². The molecule has 1 heterocycles. The minimum absolute atomic E-state index is 0. The molecule has 2 nitrogen and oxygen atoms in total. The molecular formula is C16H24ClFN2. The predicted molar refractivity (Wildman–Crippen MR) is 82.8 cm³/mol. The summed E-state index contributed by atoms with van der Waals surface area (Å²) in [5, 5.41) is 3.41. The zero-order valence-electron chi connectivity index (χ0n) is 11.9. The Balaban J connectivity index is 0.00000147. The first-order valence-electron chi connectivity index (χ1n) is 7.55. The molecule has 1 atom stereocenters. The van der Waals surface area contributed by atoms with Gasteiger partial charge in [-0.15, -0.1) is 12.4 Å². The van der Waals surface area contributed by atoms with Gasteiger partial charge in [-0.3, -0.25) is 4.90 Å². The van der Waals surface area contributed by atoms with E-state index in [1.807, 2.05) is 6.07 Å². The quantitative estimate of drug-likeness (QED) is 0.920. The smallest absolute Gasteiger partial charge is 0.123 e. The largest absolute Gasteiger partial charge is 0.314 e. The Morgan fingerprint density at radius 3 is 2.50 bits per heavy atom. The third kappa shape index (κ3) is 3.51. The number of benzene rings is 1. The third-order valence-electron chi connectivity index (χ3n) is 4.58. The molecule has 1 aliphatic carbocycles. The van der Waals surface area contributed by atoms with E-state index in [0.29, 0.717) is 12.0 Å². The summed E-state index contributed by atoms with van der Waals surface area (Å²) >= 11 is 0. The van der Waals surface area contributed by atoms with Gasteiger partial charge in [0, 0.05) is 32.2 Å². The van der Waals surface area contributed by atoms with Crippen molar-refractivity contribution in [3.63, 3.8) is 0 Å². The molecule has 0 radical (unpaired) electrons. The van der Waals surface area contributed by atoms with Gasteiger partial charge in [0.2, 0.25) is 0 Å². The SMILES string of the molecule is Cl.Fc1cccc([C@H](C2CCCC2)N2CCNCC2)c1. The summed E-state index contributed by atoms with van der Waals surface area (Å²) in [6.45, 7) is 4.27. The number of piperazine rings is 1. The standard InChI is InChI=1S/C16H23FN2.ClH/c17-15-7-3-6-14(12-15)16(13-4-1-2-5-13)19-10-8-18-9-11-19;/h3,6-7,12-13,16,18H,1-2,4-5,8-11H2;1H/t16-;/m0./s1. The normalized spacial score (nSPS) is 22.4. The summed E-state index contributed by atoms with van der Waals surface area (Å²) in [5.41, 5.74) is 1.17. The summed E-state index contributed by atoms with van der Waals surface area (Å²) in [4.78, 5) is 2.56. The van der Waals surface area contributed by atoms with Crippen LogP contribution in [-0.4, -0.2) is 31.1 Å². The lowest BCUT2D eigenvalue weighted by molar-refractivity contribution is 0.125. The maximum absolute atomic E-state index is 13.6. The average molecular weight is 299 g/mol. The first kappa shape index (κ1) is 15.7. The van der Waals surface area contributed by atoms with E-state index in [1.54, 1.807) is 12.1 Å². The van der Waals surface area contributed by atoms with Crippen molar-refractivity contribution in [1.82, 2.24) is 10.2 Å². The van der Waals surface area contributed by atoms with Crippen molar-refractivity contribution in [3.8, 4) is 0 Å². The van der Waals surface area contributed by atoms with Crippen molar-refractivity contribution in [1.29, 1.82) is 0 Å². The fourth-order valence-corrected chi connectivity index (χ4v) is 3.71. The van der Waals surface area contributed by atoms with Gasteiger partial charge in [-0.25, -0.2) is 4.39 Å². The first-order chi connectivity index (χ1) is 9.34. The molecule has 0 amide bonds. The number of hydrogen-bond acceptors (Lipinski definition) is 2. The molecule has 112 valence electrons. The van der Waals surface area contributed by atoms with Crippen molar-refractivity contribution in [2.24, 2.45) is 5.92 Å². The Morgan fingerprint density at radius 2 is 1.85 bits per heavy atom. The van der Waals surface area contributed by atoms with Crippen LogP contribution in [0, 0.1) is 11.7 Å². The minimum atomic E-state index is -0.101. The van der Waals surface area contributed by atoms with Gasteiger partial charge in [-0.05, 0) is 36.5 Å². The lowest BCUT2D eigenvalue weighted by atomic mass is 9.89. The lowest BCUT2D eigenvalue weighted by Crippen LogP contribution is -2.46. The second-order valence-electron chi connectivity index (χ2n) is 5.83. The molecule has 1 aromatic rings. The number of halogens is 2. The molecular weight excluding hydrogens is 275 g/mol. The van der Waals surface area contributed by atoms with E-state index < -0.39 is 0 Å². The third-order valence-corrected chi connectivity index (χ3v) is 4.58. The van der Waals surface area contributed by atoms with E-state index in [0.717, 1.165) is 26.2 Å². The molecule has 1 N–H and O–H groups in total. The van der Waals surface area contributed by atoms with Gasteiger partial charge >= 0.3 is 0 Å². The predicted octanol–water partition coefficient (Wildman–Crippen LogP) is 3.38. The van der Waals surface area contributed by atoms with E-state index in [1.165, 1.54) is 31.2 Å². The molecule has 2 fully saturated rings. The molecule has 4 heteroatoms. The fraction of sp³-hybridized carbons (Fsp3) is 0.625. The summed E-state index contributed by atoms with van der Waals surface area (Å²) in [6, 6.07) is 7.67. The number of nitrogens with one attached hydrogen (secondary N) is 1. The molecule has 0 unspecified atom stereocenters. The average Bonchev–Trinajstić information content (AvgIpc) is 2.94. The van der Waals surface area contributed by atoms with Crippen LogP contribution in [0.15, 0.2) is 24.3 Å². The highest BCUT2D eigenvalue weighted by molar-refractivity contribution is 5.85. The molecule has 1 aromatic carbocycles. The molecule has 20 heavy (non-hydrogen) atoms. The van der Waals surface area contributed by atoms with Crippen LogP contribution in [0.5, 0.6) is 0 Å². The highest BCUT2D eigenvalue weighted by Crippen LogP contribution is 2.39. The molecule has 0 bridgehead atoms. The van der Waals surface area contributed by atoms with Gasteiger partial charge < -0.3 is 5.32 Å². The Hall–Kier alpha value is -0.640. The monoisotopic (exact) mass is 298 g/mol. The molecule has 0 spiro atoms. The maximum atomic E-state index is 13.6. The molecule has 3 rings (SSSR count). The second-order valence-corrected chi connectivity index (χ2v) is 5.83. The fourth-order valence-electron chi connectivity index (χ4n) is 3.71. The van der Waals surface area contributed by atoms with Crippen LogP contribution in [0.4, 0.5) is 4.39 Å². The Morgan fingerprint density at radius 1 is 1.15 bits per heavy atom. The van der Waals surface area contributed by atoms with Crippen molar-refractivity contribution >= 4 is 12.4 Å². The first-order valence-corrected chi connectivity index (χ1v) is 7.55. The zero-order valence-corrected chi connectivity index (χ0v) is 12.7. The number of nitrogens with zero attached hydrogens (tertiary/aromatic N) is 1. The molecule has 1 saturated heterocycles. The van der Waals surface area contributed by atoms with Crippen molar-refractivity contribution in [2.75, 3.05) is 26.2 Å².